The fourth-order valence-corrected chi connectivity index (χ4v) is 2.00. The number of likely N-dealkylation sites (tertiary alicyclic amines) is 1. The molecule has 1 saturated heterocycles. The van der Waals surface area contributed by atoms with Gasteiger partial charge in [0.1, 0.15) is 5.60 Å². The Bertz CT molecular complexity index is 184. The van der Waals surface area contributed by atoms with Crippen molar-refractivity contribution in [3.05, 3.63) is 0 Å². The van der Waals surface area contributed by atoms with Crippen LogP contribution < -0.4 is 0 Å². The fourth-order valence-electron chi connectivity index (χ4n) is 2.00. The summed E-state index contributed by atoms with van der Waals surface area (Å²) in [5.41, 5.74) is -0.486. The van der Waals surface area contributed by atoms with Gasteiger partial charge in [0.25, 0.3) is 0 Å². The van der Waals surface area contributed by atoms with E-state index in [-0.39, 0.29) is 0 Å². The Morgan fingerprint density at radius 1 is 1.43 bits per heavy atom. The van der Waals surface area contributed by atoms with Gasteiger partial charge in [0.05, 0.1) is 0 Å². The second-order valence-electron chi connectivity index (χ2n) is 4.25. The van der Waals surface area contributed by atoms with Crippen molar-refractivity contribution in [1.82, 2.24) is 4.90 Å². The van der Waals surface area contributed by atoms with Gasteiger partial charge in [0.15, 0.2) is 6.29 Å². The third kappa shape index (κ3) is 2.55. The molecule has 0 aromatic rings. The van der Waals surface area contributed by atoms with Crippen LogP contribution in [-0.4, -0.2) is 42.5 Å². The van der Waals surface area contributed by atoms with Gasteiger partial charge in [0, 0.05) is 25.7 Å². The molecule has 0 radical (unpaired) electrons. The van der Waals surface area contributed by atoms with Crippen molar-refractivity contribution in [3.63, 3.8) is 0 Å². The van der Waals surface area contributed by atoms with Gasteiger partial charge in [0.2, 0.25) is 0 Å². The molecule has 3 heteroatoms. The van der Waals surface area contributed by atoms with Crippen molar-refractivity contribution in [2.24, 2.45) is 0 Å². The number of carbonyl (C=O) groups excluding carboxylic acids is 1. The molecule has 82 valence electrons. The van der Waals surface area contributed by atoms with Gasteiger partial charge in [-0.3, -0.25) is 0 Å². The molecule has 14 heavy (non-hydrogen) atoms. The molecule has 1 fully saturated rings. The normalized spacial score (nSPS) is 22.6. The topological polar surface area (TPSA) is 29.5 Å². The van der Waals surface area contributed by atoms with Crippen LogP contribution in [0.15, 0.2) is 0 Å². The van der Waals surface area contributed by atoms with Crippen LogP contribution in [0, 0.1) is 0 Å². The molecule has 0 unspecified atom stereocenters. The number of piperidine rings is 1. The van der Waals surface area contributed by atoms with Gasteiger partial charge in [-0.2, -0.15) is 0 Å². The van der Waals surface area contributed by atoms with Crippen LogP contribution >= 0.6 is 0 Å². The lowest BCUT2D eigenvalue weighted by atomic mass is 9.92. The Morgan fingerprint density at radius 3 is 2.36 bits per heavy atom. The summed E-state index contributed by atoms with van der Waals surface area (Å²) in [6.07, 6.45) is 2.67. The average molecular weight is 199 g/mol. The van der Waals surface area contributed by atoms with Crippen LogP contribution in [0.5, 0.6) is 0 Å². The standard InChI is InChI=1S/C11H21NO2/c1-4-14-11(9-13)5-7-12(8-6-11)10(2)3/h9-10H,4-8H2,1-3H3. The summed E-state index contributed by atoms with van der Waals surface area (Å²) in [6, 6.07) is 0.571. The van der Waals surface area contributed by atoms with E-state index in [1.54, 1.807) is 0 Å². The summed E-state index contributed by atoms with van der Waals surface area (Å²) in [5, 5.41) is 0. The summed E-state index contributed by atoms with van der Waals surface area (Å²) in [6.45, 7) is 8.89. The molecular formula is C11H21NO2. The first kappa shape index (κ1) is 11.7. The Morgan fingerprint density at radius 2 is 2.00 bits per heavy atom. The lowest BCUT2D eigenvalue weighted by Crippen LogP contribution is -2.49. The van der Waals surface area contributed by atoms with Crippen molar-refractivity contribution in [2.75, 3.05) is 19.7 Å². The number of carbonyl (C=O) groups is 1. The van der Waals surface area contributed by atoms with E-state index in [1.165, 1.54) is 0 Å². The quantitative estimate of drug-likeness (QED) is 0.642. The summed E-state index contributed by atoms with van der Waals surface area (Å²) in [7, 11) is 0. The van der Waals surface area contributed by atoms with Crippen LogP contribution in [0.25, 0.3) is 0 Å². The van der Waals surface area contributed by atoms with E-state index in [9.17, 15) is 4.79 Å². The Kier molecular flexibility index (Phi) is 4.08. The first-order valence-electron chi connectivity index (χ1n) is 5.48. The zero-order chi connectivity index (χ0) is 10.6. The highest BCUT2D eigenvalue weighted by atomic mass is 16.5. The number of nitrogens with zero attached hydrogens (tertiary/aromatic N) is 1. The van der Waals surface area contributed by atoms with Crippen LogP contribution in [0.3, 0.4) is 0 Å². The number of hydrogen-bond acceptors (Lipinski definition) is 3. The van der Waals surface area contributed by atoms with E-state index in [0.29, 0.717) is 12.6 Å². The molecule has 0 atom stereocenters. The molecular weight excluding hydrogens is 178 g/mol. The molecule has 1 aliphatic rings. The van der Waals surface area contributed by atoms with Crippen molar-refractivity contribution < 1.29 is 9.53 Å². The highest BCUT2D eigenvalue weighted by Gasteiger charge is 2.35. The van der Waals surface area contributed by atoms with Gasteiger partial charge in [-0.25, -0.2) is 0 Å². The summed E-state index contributed by atoms with van der Waals surface area (Å²) < 4.78 is 5.55. The monoisotopic (exact) mass is 199 g/mol. The molecule has 0 aromatic heterocycles. The van der Waals surface area contributed by atoms with E-state index < -0.39 is 5.60 Å². The van der Waals surface area contributed by atoms with Crippen molar-refractivity contribution >= 4 is 6.29 Å². The lowest BCUT2D eigenvalue weighted by molar-refractivity contribution is -0.138. The smallest absolute Gasteiger partial charge is 0.151 e. The predicted octanol–water partition coefficient (Wildman–Crippen LogP) is 1.46. The molecule has 0 aromatic carbocycles. The van der Waals surface area contributed by atoms with Gasteiger partial charge in [-0.05, 0) is 33.6 Å². The largest absolute Gasteiger partial charge is 0.368 e. The minimum absolute atomic E-state index is 0.486. The number of rotatable bonds is 4. The molecule has 3 nitrogen and oxygen atoms in total. The molecule has 0 amide bonds. The van der Waals surface area contributed by atoms with Crippen molar-refractivity contribution in [3.8, 4) is 0 Å². The van der Waals surface area contributed by atoms with Gasteiger partial charge in [-0.1, -0.05) is 0 Å². The Labute approximate surface area is 86.4 Å². The fraction of sp³-hybridized carbons (Fsp3) is 0.909. The maximum absolute atomic E-state index is 11.0. The first-order chi connectivity index (χ1) is 6.63. The van der Waals surface area contributed by atoms with Crippen LogP contribution in [0.2, 0.25) is 0 Å². The molecule has 0 N–H and O–H groups in total. The number of aldehydes is 1. The summed E-state index contributed by atoms with van der Waals surface area (Å²) in [5.74, 6) is 0. The average Bonchev–Trinajstić information content (AvgIpc) is 2.19. The highest BCUT2D eigenvalue weighted by molar-refractivity contribution is 5.62. The summed E-state index contributed by atoms with van der Waals surface area (Å²) in [4.78, 5) is 13.4. The van der Waals surface area contributed by atoms with E-state index in [0.717, 1.165) is 32.2 Å². The van der Waals surface area contributed by atoms with E-state index in [1.807, 2.05) is 6.92 Å². The highest BCUT2D eigenvalue weighted by Crippen LogP contribution is 2.25. The third-order valence-corrected chi connectivity index (χ3v) is 3.02. The van der Waals surface area contributed by atoms with Gasteiger partial charge in [-0.15, -0.1) is 0 Å². The van der Waals surface area contributed by atoms with Crippen molar-refractivity contribution in [2.45, 2.75) is 45.3 Å². The maximum Gasteiger partial charge on any atom is 0.151 e. The van der Waals surface area contributed by atoms with Crippen LogP contribution in [-0.2, 0) is 9.53 Å². The van der Waals surface area contributed by atoms with Crippen molar-refractivity contribution in [1.29, 1.82) is 0 Å². The number of ether oxygens (including phenoxy) is 1. The zero-order valence-electron chi connectivity index (χ0n) is 9.45. The second-order valence-corrected chi connectivity index (χ2v) is 4.25. The van der Waals surface area contributed by atoms with E-state index >= 15 is 0 Å². The second kappa shape index (κ2) is 4.89. The molecule has 1 aliphatic heterocycles. The first-order valence-corrected chi connectivity index (χ1v) is 5.48. The Balaban J connectivity index is 2.50. The Hall–Kier alpha value is -0.410. The zero-order valence-corrected chi connectivity index (χ0v) is 9.45. The molecule has 1 rings (SSSR count). The van der Waals surface area contributed by atoms with E-state index in [2.05, 4.69) is 18.7 Å². The molecule has 1 heterocycles. The summed E-state index contributed by atoms with van der Waals surface area (Å²) >= 11 is 0. The SMILES string of the molecule is CCOC1(C=O)CCN(C(C)C)CC1. The third-order valence-electron chi connectivity index (χ3n) is 3.02. The minimum atomic E-state index is -0.486. The number of hydrogen-bond donors (Lipinski definition) is 0. The van der Waals surface area contributed by atoms with E-state index in [4.69, 9.17) is 4.74 Å². The van der Waals surface area contributed by atoms with Crippen LogP contribution in [0.1, 0.15) is 33.6 Å². The maximum atomic E-state index is 11.0. The minimum Gasteiger partial charge on any atom is -0.368 e. The van der Waals surface area contributed by atoms with Gasteiger partial charge >= 0.3 is 0 Å². The molecule has 0 spiro atoms. The lowest BCUT2D eigenvalue weighted by Gasteiger charge is -2.39. The molecule has 0 saturated carbocycles. The predicted molar refractivity (Wildman–Crippen MR) is 56.4 cm³/mol. The van der Waals surface area contributed by atoms with Gasteiger partial charge < -0.3 is 14.4 Å². The molecule has 0 aliphatic carbocycles. The van der Waals surface area contributed by atoms with Crippen LogP contribution in [0.4, 0.5) is 0 Å². The molecule has 0 bridgehead atoms.